The number of halogens is 2. The number of nitrogens with zero attached hydrogens (tertiary/aromatic N) is 1. The number of furan rings is 1. The highest BCUT2D eigenvalue weighted by molar-refractivity contribution is 9.11. The Hall–Kier alpha value is -2.75. The van der Waals surface area contributed by atoms with Crippen LogP contribution >= 0.6 is 31.9 Å². The van der Waals surface area contributed by atoms with E-state index < -0.39 is 18.0 Å². The van der Waals surface area contributed by atoms with E-state index >= 15 is 0 Å². The zero-order chi connectivity index (χ0) is 20.8. The van der Waals surface area contributed by atoms with Crippen molar-refractivity contribution >= 4 is 50.0 Å². The fourth-order valence-corrected chi connectivity index (χ4v) is 3.67. The molecule has 0 aliphatic rings. The summed E-state index contributed by atoms with van der Waals surface area (Å²) in [6.45, 7) is 0. The summed E-state index contributed by atoms with van der Waals surface area (Å²) in [5.74, 6) is -1.15. The van der Waals surface area contributed by atoms with Crippen LogP contribution in [0.2, 0.25) is 0 Å². The van der Waals surface area contributed by atoms with Gasteiger partial charge in [0, 0.05) is 10.0 Å². The monoisotopic (exact) mass is 520 g/mol. The molecule has 2 N–H and O–H groups in total. The predicted octanol–water partition coefficient (Wildman–Crippen LogP) is 4.21. The Balaban J connectivity index is 1.75. The van der Waals surface area contributed by atoms with E-state index in [-0.39, 0.29) is 11.5 Å². The van der Waals surface area contributed by atoms with Gasteiger partial charge in [-0.15, -0.1) is 0 Å². The second kappa shape index (κ2) is 9.64. The average Bonchev–Trinajstić information content (AvgIpc) is 3.25. The zero-order valence-corrected chi connectivity index (χ0v) is 17.9. The summed E-state index contributed by atoms with van der Waals surface area (Å²) in [5.41, 5.74) is 3.11. The summed E-state index contributed by atoms with van der Waals surface area (Å²) in [6.07, 6.45) is 1.30. The molecule has 3 aromatic rings. The summed E-state index contributed by atoms with van der Waals surface area (Å²) in [6, 6.07) is 14.9. The maximum Gasteiger partial charge on any atom is 0.379 e. The standard InChI is InChI=1S/C20H14Br2N2O5/c21-14-9-13(11-23-24-19(26)17(25)12-5-2-1-3-6-12)18(15(22)10-14)29-20(27)16-7-4-8-28-16/h1-11,17,25H,(H,24,26). The van der Waals surface area contributed by atoms with Gasteiger partial charge in [-0.2, -0.15) is 5.10 Å². The first-order valence-corrected chi connectivity index (χ1v) is 9.85. The SMILES string of the molecule is O=C(Oc1c(Br)cc(Br)cc1C=NNC(=O)C(O)c1ccccc1)c1ccco1. The average molecular weight is 522 g/mol. The van der Waals surface area contributed by atoms with Crippen molar-refractivity contribution in [1.82, 2.24) is 5.43 Å². The Kier molecular flexibility index (Phi) is 6.97. The third-order valence-electron chi connectivity index (χ3n) is 3.70. The molecule has 0 saturated heterocycles. The number of carbonyl (C=O) groups is 2. The summed E-state index contributed by atoms with van der Waals surface area (Å²) in [4.78, 5) is 24.3. The lowest BCUT2D eigenvalue weighted by Gasteiger charge is -2.10. The Labute approximate surface area is 182 Å². The molecule has 0 aliphatic heterocycles. The van der Waals surface area contributed by atoms with Crippen LogP contribution in [0.1, 0.15) is 27.8 Å². The smallest absolute Gasteiger partial charge is 0.379 e. The third kappa shape index (κ3) is 5.41. The van der Waals surface area contributed by atoms with E-state index in [1.54, 1.807) is 48.5 Å². The number of hydrogen-bond acceptors (Lipinski definition) is 6. The number of amides is 1. The minimum Gasteiger partial charge on any atom is -0.457 e. The molecular formula is C20H14Br2N2O5. The lowest BCUT2D eigenvalue weighted by atomic mass is 10.1. The van der Waals surface area contributed by atoms with Gasteiger partial charge >= 0.3 is 5.97 Å². The van der Waals surface area contributed by atoms with Gasteiger partial charge in [-0.3, -0.25) is 4.79 Å². The fraction of sp³-hybridized carbons (Fsp3) is 0.0500. The van der Waals surface area contributed by atoms with E-state index in [9.17, 15) is 14.7 Å². The van der Waals surface area contributed by atoms with E-state index in [4.69, 9.17) is 9.15 Å². The van der Waals surface area contributed by atoms with Gasteiger partial charge in [0.1, 0.15) is 0 Å². The number of nitrogens with one attached hydrogen (secondary N) is 1. The molecule has 29 heavy (non-hydrogen) atoms. The first-order valence-electron chi connectivity index (χ1n) is 8.26. The second-order valence-electron chi connectivity index (χ2n) is 5.72. The molecule has 2 aromatic carbocycles. The highest BCUT2D eigenvalue weighted by Gasteiger charge is 2.18. The first kappa shape index (κ1) is 21.0. The number of carbonyl (C=O) groups excluding carboxylic acids is 2. The largest absolute Gasteiger partial charge is 0.457 e. The van der Waals surface area contributed by atoms with E-state index in [2.05, 4.69) is 42.4 Å². The third-order valence-corrected chi connectivity index (χ3v) is 4.74. The second-order valence-corrected chi connectivity index (χ2v) is 7.49. The van der Waals surface area contributed by atoms with Crippen LogP contribution in [-0.4, -0.2) is 23.2 Å². The van der Waals surface area contributed by atoms with Crippen LogP contribution in [0.5, 0.6) is 5.75 Å². The van der Waals surface area contributed by atoms with Crippen molar-refractivity contribution < 1.29 is 23.8 Å². The maximum absolute atomic E-state index is 12.2. The van der Waals surface area contributed by atoms with Crippen molar-refractivity contribution in [3.05, 3.63) is 86.7 Å². The quantitative estimate of drug-likeness (QED) is 0.219. The van der Waals surface area contributed by atoms with Gasteiger partial charge in [0.05, 0.1) is 17.0 Å². The lowest BCUT2D eigenvalue weighted by Crippen LogP contribution is -2.25. The molecule has 7 nitrogen and oxygen atoms in total. The van der Waals surface area contributed by atoms with Crippen LogP contribution in [0.15, 0.2) is 79.3 Å². The Morgan fingerprint density at radius 2 is 1.90 bits per heavy atom. The number of aliphatic hydroxyl groups excluding tert-OH is 1. The molecule has 1 unspecified atom stereocenters. The van der Waals surface area contributed by atoms with Gasteiger partial charge in [-0.1, -0.05) is 46.3 Å². The molecule has 0 spiro atoms. The lowest BCUT2D eigenvalue weighted by molar-refractivity contribution is -0.129. The van der Waals surface area contributed by atoms with Crippen molar-refractivity contribution in [3.63, 3.8) is 0 Å². The van der Waals surface area contributed by atoms with Crippen LogP contribution in [0, 0.1) is 0 Å². The number of benzene rings is 2. The van der Waals surface area contributed by atoms with Gasteiger partial charge < -0.3 is 14.3 Å². The number of hydrazone groups is 1. The topological polar surface area (TPSA) is 101 Å². The zero-order valence-electron chi connectivity index (χ0n) is 14.7. The highest BCUT2D eigenvalue weighted by atomic mass is 79.9. The molecule has 148 valence electrons. The summed E-state index contributed by atoms with van der Waals surface area (Å²) < 4.78 is 11.6. The minimum atomic E-state index is -1.36. The first-order chi connectivity index (χ1) is 14.0. The molecule has 0 bridgehead atoms. The van der Waals surface area contributed by atoms with E-state index in [0.29, 0.717) is 20.1 Å². The van der Waals surface area contributed by atoms with E-state index in [0.717, 1.165) is 0 Å². The minimum absolute atomic E-state index is 0.0435. The van der Waals surface area contributed by atoms with E-state index in [1.807, 2.05) is 0 Å². The van der Waals surface area contributed by atoms with Crippen LogP contribution in [-0.2, 0) is 4.79 Å². The normalized spacial score (nSPS) is 12.0. The molecule has 1 amide bonds. The molecule has 0 saturated carbocycles. The van der Waals surface area contributed by atoms with Crippen LogP contribution < -0.4 is 10.2 Å². The predicted molar refractivity (Wildman–Crippen MR) is 113 cm³/mol. The molecule has 0 aliphatic carbocycles. The number of hydrogen-bond donors (Lipinski definition) is 2. The van der Waals surface area contributed by atoms with Crippen molar-refractivity contribution in [2.45, 2.75) is 6.10 Å². The van der Waals surface area contributed by atoms with Gasteiger partial charge in [0.2, 0.25) is 5.76 Å². The van der Waals surface area contributed by atoms with Crippen LogP contribution in [0.3, 0.4) is 0 Å². The number of rotatable bonds is 6. The van der Waals surface area contributed by atoms with Crippen molar-refractivity contribution in [1.29, 1.82) is 0 Å². The molecule has 0 fully saturated rings. The fourth-order valence-electron chi connectivity index (χ4n) is 2.33. The Morgan fingerprint density at radius 1 is 1.14 bits per heavy atom. The van der Waals surface area contributed by atoms with Crippen LogP contribution in [0.4, 0.5) is 0 Å². The molecule has 9 heteroatoms. The molecule has 0 radical (unpaired) electrons. The van der Waals surface area contributed by atoms with Crippen molar-refractivity contribution in [3.8, 4) is 5.75 Å². The van der Waals surface area contributed by atoms with Gasteiger partial charge in [0.15, 0.2) is 11.9 Å². The summed E-state index contributed by atoms with van der Waals surface area (Å²) in [7, 11) is 0. The van der Waals surface area contributed by atoms with Crippen LogP contribution in [0.25, 0.3) is 0 Å². The molecule has 1 atom stereocenters. The van der Waals surface area contributed by atoms with Crippen molar-refractivity contribution in [2.75, 3.05) is 0 Å². The summed E-state index contributed by atoms with van der Waals surface area (Å²) >= 11 is 6.69. The van der Waals surface area contributed by atoms with Gasteiger partial charge in [-0.25, -0.2) is 10.2 Å². The Bertz CT molecular complexity index is 1040. The number of esters is 1. The molecule has 3 rings (SSSR count). The Morgan fingerprint density at radius 3 is 2.59 bits per heavy atom. The summed E-state index contributed by atoms with van der Waals surface area (Å²) in [5, 5.41) is 13.9. The van der Waals surface area contributed by atoms with E-state index in [1.165, 1.54) is 18.5 Å². The number of aliphatic hydroxyl groups is 1. The highest BCUT2D eigenvalue weighted by Crippen LogP contribution is 2.32. The van der Waals surface area contributed by atoms with Gasteiger partial charge in [-0.05, 0) is 45.8 Å². The van der Waals surface area contributed by atoms with Crippen molar-refractivity contribution in [2.24, 2.45) is 5.10 Å². The number of ether oxygens (including phenoxy) is 1. The van der Waals surface area contributed by atoms with Gasteiger partial charge in [0.25, 0.3) is 5.91 Å². The molecular weight excluding hydrogens is 508 g/mol. The molecule has 1 aromatic heterocycles. The maximum atomic E-state index is 12.2. The molecule has 1 heterocycles.